The summed E-state index contributed by atoms with van der Waals surface area (Å²) in [4.78, 5) is 9.01. The summed E-state index contributed by atoms with van der Waals surface area (Å²) in [6.45, 7) is 7.76. The number of aliphatic hydroxyl groups is 1. The molecule has 0 saturated heterocycles. The SMILES string of the molecule is CCNC(=NCc1ccc(Oc2ccccc2OCC)nc1)NCC(C)(O)c1ccccc1. The molecule has 0 amide bonds. The third-order valence-corrected chi connectivity index (χ3v) is 4.92. The van der Waals surface area contributed by atoms with Crippen LogP contribution in [0.5, 0.6) is 17.4 Å². The zero-order valence-corrected chi connectivity index (χ0v) is 19.4. The van der Waals surface area contributed by atoms with Gasteiger partial charge in [0.25, 0.3) is 0 Å². The first-order valence-electron chi connectivity index (χ1n) is 11.2. The molecule has 3 N–H and O–H groups in total. The number of guanidine groups is 1. The highest BCUT2D eigenvalue weighted by molar-refractivity contribution is 5.79. The van der Waals surface area contributed by atoms with Crippen LogP contribution in [0, 0.1) is 0 Å². The van der Waals surface area contributed by atoms with Gasteiger partial charge >= 0.3 is 0 Å². The number of ether oxygens (including phenoxy) is 2. The summed E-state index contributed by atoms with van der Waals surface area (Å²) in [7, 11) is 0. The summed E-state index contributed by atoms with van der Waals surface area (Å²) in [6, 6.07) is 20.8. The topological polar surface area (TPSA) is 88.0 Å². The second kappa shape index (κ2) is 11.9. The second-order valence-corrected chi connectivity index (χ2v) is 7.68. The van der Waals surface area contributed by atoms with Gasteiger partial charge in [0, 0.05) is 18.8 Å². The van der Waals surface area contributed by atoms with E-state index in [1.807, 2.05) is 80.6 Å². The van der Waals surface area contributed by atoms with Crippen LogP contribution in [-0.2, 0) is 12.1 Å². The van der Waals surface area contributed by atoms with Crippen LogP contribution in [0.25, 0.3) is 0 Å². The van der Waals surface area contributed by atoms with Gasteiger partial charge in [0.1, 0.15) is 5.60 Å². The van der Waals surface area contributed by atoms with Crippen LogP contribution in [0.15, 0.2) is 77.9 Å². The Bertz CT molecular complexity index is 1020. The van der Waals surface area contributed by atoms with E-state index in [0.29, 0.717) is 49.6 Å². The summed E-state index contributed by atoms with van der Waals surface area (Å²) in [6.07, 6.45) is 1.74. The lowest BCUT2D eigenvalue weighted by molar-refractivity contribution is 0.0617. The number of aromatic nitrogens is 1. The van der Waals surface area contributed by atoms with Crippen molar-refractivity contribution in [1.29, 1.82) is 0 Å². The van der Waals surface area contributed by atoms with Crippen LogP contribution >= 0.6 is 0 Å². The predicted molar refractivity (Wildman–Crippen MR) is 131 cm³/mol. The fourth-order valence-electron chi connectivity index (χ4n) is 3.15. The monoisotopic (exact) mass is 448 g/mol. The van der Waals surface area contributed by atoms with Crippen molar-refractivity contribution in [2.45, 2.75) is 32.9 Å². The number of para-hydroxylation sites is 2. The number of hydrogen-bond donors (Lipinski definition) is 3. The van der Waals surface area contributed by atoms with Gasteiger partial charge in [-0.15, -0.1) is 0 Å². The Morgan fingerprint density at radius 2 is 1.70 bits per heavy atom. The normalized spacial score (nSPS) is 13.2. The molecule has 0 bridgehead atoms. The molecule has 0 spiro atoms. The van der Waals surface area contributed by atoms with E-state index >= 15 is 0 Å². The Hall–Kier alpha value is -3.58. The Labute approximate surface area is 195 Å². The Morgan fingerprint density at radius 1 is 0.970 bits per heavy atom. The largest absolute Gasteiger partial charge is 0.490 e. The Morgan fingerprint density at radius 3 is 2.36 bits per heavy atom. The summed E-state index contributed by atoms with van der Waals surface area (Å²) < 4.78 is 11.5. The quantitative estimate of drug-likeness (QED) is 0.318. The molecule has 7 nitrogen and oxygen atoms in total. The maximum atomic E-state index is 10.8. The van der Waals surface area contributed by atoms with Crippen molar-refractivity contribution in [3.05, 3.63) is 84.1 Å². The van der Waals surface area contributed by atoms with Crippen molar-refractivity contribution in [2.24, 2.45) is 4.99 Å². The second-order valence-electron chi connectivity index (χ2n) is 7.68. The molecule has 0 aliphatic rings. The van der Waals surface area contributed by atoms with Crippen molar-refractivity contribution in [3.8, 4) is 17.4 Å². The average molecular weight is 449 g/mol. The van der Waals surface area contributed by atoms with Crippen molar-refractivity contribution in [1.82, 2.24) is 15.6 Å². The van der Waals surface area contributed by atoms with Gasteiger partial charge in [0.05, 0.1) is 19.7 Å². The van der Waals surface area contributed by atoms with E-state index in [4.69, 9.17) is 9.47 Å². The molecule has 1 atom stereocenters. The van der Waals surface area contributed by atoms with E-state index in [-0.39, 0.29) is 0 Å². The number of hydrogen-bond acceptors (Lipinski definition) is 5. The van der Waals surface area contributed by atoms with Crippen molar-refractivity contribution in [2.75, 3.05) is 19.7 Å². The lowest BCUT2D eigenvalue weighted by atomic mass is 9.96. The first kappa shape index (κ1) is 24.1. The average Bonchev–Trinajstić information content (AvgIpc) is 2.84. The predicted octanol–water partition coefficient (Wildman–Crippen LogP) is 4.24. The van der Waals surface area contributed by atoms with Crippen LogP contribution in [0.1, 0.15) is 31.9 Å². The zero-order chi connectivity index (χ0) is 23.5. The zero-order valence-electron chi connectivity index (χ0n) is 19.4. The lowest BCUT2D eigenvalue weighted by Crippen LogP contribution is -2.44. The molecule has 0 aliphatic carbocycles. The van der Waals surface area contributed by atoms with Crippen molar-refractivity contribution >= 4 is 5.96 Å². The summed E-state index contributed by atoms with van der Waals surface area (Å²) in [5, 5.41) is 17.2. The van der Waals surface area contributed by atoms with Crippen LogP contribution < -0.4 is 20.1 Å². The summed E-state index contributed by atoms with van der Waals surface area (Å²) in [5.41, 5.74) is 0.766. The van der Waals surface area contributed by atoms with Crippen LogP contribution in [0.3, 0.4) is 0 Å². The summed E-state index contributed by atoms with van der Waals surface area (Å²) >= 11 is 0. The third-order valence-electron chi connectivity index (χ3n) is 4.92. The van der Waals surface area contributed by atoms with E-state index in [9.17, 15) is 5.11 Å². The van der Waals surface area contributed by atoms with Gasteiger partial charge in [-0.1, -0.05) is 48.5 Å². The molecule has 0 fully saturated rings. The van der Waals surface area contributed by atoms with Gasteiger partial charge in [-0.25, -0.2) is 9.98 Å². The molecule has 2 aromatic carbocycles. The number of nitrogens with one attached hydrogen (secondary N) is 2. The number of nitrogens with zero attached hydrogens (tertiary/aromatic N) is 2. The van der Waals surface area contributed by atoms with E-state index in [2.05, 4.69) is 20.6 Å². The van der Waals surface area contributed by atoms with E-state index in [0.717, 1.165) is 11.1 Å². The Kier molecular flexibility index (Phi) is 8.66. The maximum Gasteiger partial charge on any atom is 0.219 e. The highest BCUT2D eigenvalue weighted by atomic mass is 16.5. The minimum absolute atomic E-state index is 0.327. The fourth-order valence-corrected chi connectivity index (χ4v) is 3.15. The standard InChI is InChI=1S/C26H32N4O3/c1-4-27-25(30-19-26(3,31)21-11-7-6-8-12-21)29-18-20-15-16-24(28-17-20)33-23-14-10-9-13-22(23)32-5-2/h6-17,31H,4-5,18-19H2,1-3H3,(H2,27,29,30). The van der Waals surface area contributed by atoms with Crippen molar-refractivity contribution in [3.63, 3.8) is 0 Å². The van der Waals surface area contributed by atoms with Gasteiger partial charge in [-0.05, 0) is 44.0 Å². The smallest absolute Gasteiger partial charge is 0.219 e. The van der Waals surface area contributed by atoms with Gasteiger partial charge in [0.2, 0.25) is 5.88 Å². The van der Waals surface area contributed by atoms with Gasteiger partial charge in [-0.2, -0.15) is 0 Å². The first-order chi connectivity index (χ1) is 16.0. The molecule has 0 saturated carbocycles. The van der Waals surface area contributed by atoms with Gasteiger partial charge in [0.15, 0.2) is 17.5 Å². The van der Waals surface area contributed by atoms with Crippen LogP contribution in [0.4, 0.5) is 0 Å². The molecule has 7 heteroatoms. The van der Waals surface area contributed by atoms with Crippen LogP contribution in [-0.4, -0.2) is 35.7 Å². The maximum absolute atomic E-state index is 10.8. The number of aliphatic imine (C=N–C) groups is 1. The van der Waals surface area contributed by atoms with Crippen molar-refractivity contribution < 1.29 is 14.6 Å². The highest BCUT2D eigenvalue weighted by Gasteiger charge is 2.22. The molecule has 0 radical (unpaired) electrons. The molecule has 33 heavy (non-hydrogen) atoms. The van der Waals surface area contributed by atoms with E-state index in [1.165, 1.54) is 0 Å². The molecule has 0 aliphatic heterocycles. The molecular formula is C26H32N4O3. The molecule has 3 aromatic rings. The number of rotatable bonds is 10. The lowest BCUT2D eigenvalue weighted by Gasteiger charge is -2.25. The highest BCUT2D eigenvalue weighted by Crippen LogP contribution is 2.30. The van der Waals surface area contributed by atoms with Gasteiger partial charge < -0.3 is 25.2 Å². The minimum atomic E-state index is -1.02. The molecule has 1 aromatic heterocycles. The minimum Gasteiger partial charge on any atom is -0.490 e. The number of benzene rings is 2. The van der Waals surface area contributed by atoms with E-state index < -0.39 is 5.60 Å². The first-order valence-corrected chi connectivity index (χ1v) is 11.2. The van der Waals surface area contributed by atoms with Gasteiger partial charge in [-0.3, -0.25) is 0 Å². The number of pyridine rings is 1. The fraction of sp³-hybridized carbons (Fsp3) is 0.308. The molecule has 3 rings (SSSR count). The molecule has 1 heterocycles. The molecular weight excluding hydrogens is 416 g/mol. The van der Waals surface area contributed by atoms with Crippen LogP contribution in [0.2, 0.25) is 0 Å². The summed E-state index contributed by atoms with van der Waals surface area (Å²) in [5.74, 6) is 2.42. The molecule has 1 unspecified atom stereocenters. The third kappa shape index (κ3) is 7.22. The Balaban J connectivity index is 1.61. The molecule has 174 valence electrons. The van der Waals surface area contributed by atoms with E-state index in [1.54, 1.807) is 13.1 Å².